The van der Waals surface area contributed by atoms with Crippen molar-refractivity contribution in [1.82, 2.24) is 0 Å². The van der Waals surface area contributed by atoms with Gasteiger partial charge in [-0.1, -0.05) is 19.3 Å². The Hall–Kier alpha value is -1.71. The summed E-state index contributed by atoms with van der Waals surface area (Å²) in [6.45, 7) is 1.79. The number of carboxylic acid groups (broad SMARTS) is 1. The van der Waals surface area contributed by atoms with Crippen molar-refractivity contribution in [3.8, 4) is 11.5 Å². The third-order valence-electron chi connectivity index (χ3n) is 3.75. The number of aromatic hydroxyl groups is 2. The van der Waals surface area contributed by atoms with Crippen LogP contribution in [0.15, 0.2) is 6.07 Å². The lowest BCUT2D eigenvalue weighted by Gasteiger charge is -2.25. The van der Waals surface area contributed by atoms with E-state index in [1.165, 1.54) is 12.5 Å². The normalized spacial score (nSPS) is 16.7. The molecule has 0 bridgehead atoms. The minimum atomic E-state index is -1.17. The van der Waals surface area contributed by atoms with Gasteiger partial charge in [-0.2, -0.15) is 0 Å². The van der Waals surface area contributed by atoms with Crippen LogP contribution in [0.3, 0.4) is 0 Å². The van der Waals surface area contributed by atoms with Gasteiger partial charge < -0.3 is 15.3 Å². The molecule has 0 unspecified atom stereocenters. The first-order chi connectivity index (χ1) is 8.52. The van der Waals surface area contributed by atoms with Crippen molar-refractivity contribution in [2.45, 2.75) is 44.9 Å². The molecular formula is C14H18O4. The van der Waals surface area contributed by atoms with Gasteiger partial charge in [-0.3, -0.25) is 0 Å². The summed E-state index contributed by atoms with van der Waals surface area (Å²) in [5, 5.41) is 28.6. The van der Waals surface area contributed by atoms with Crippen molar-refractivity contribution >= 4 is 5.97 Å². The van der Waals surface area contributed by atoms with Crippen LogP contribution in [-0.2, 0) is 0 Å². The molecule has 0 heterocycles. The quantitative estimate of drug-likeness (QED) is 0.704. The minimum absolute atomic E-state index is 0.126. The summed E-state index contributed by atoms with van der Waals surface area (Å²) >= 11 is 0. The maximum atomic E-state index is 11.3. The fraction of sp³-hybridized carbons (Fsp3) is 0.500. The van der Waals surface area contributed by atoms with Gasteiger partial charge in [-0.25, -0.2) is 4.79 Å². The van der Waals surface area contributed by atoms with Crippen LogP contribution in [0, 0.1) is 6.92 Å². The summed E-state index contributed by atoms with van der Waals surface area (Å²) < 4.78 is 0. The zero-order chi connectivity index (χ0) is 13.3. The van der Waals surface area contributed by atoms with Gasteiger partial charge in [-0.05, 0) is 42.9 Å². The molecule has 4 heteroatoms. The zero-order valence-corrected chi connectivity index (χ0v) is 10.4. The standard InChI is InChI=1S/C14H18O4/c1-8-7-10(15)13(16)12(14(17)18)11(8)9-5-3-2-4-6-9/h7,9,15-16H,2-6H2,1H3,(H,17,18). The molecular weight excluding hydrogens is 232 g/mol. The van der Waals surface area contributed by atoms with Crippen molar-refractivity contribution in [1.29, 1.82) is 0 Å². The van der Waals surface area contributed by atoms with E-state index >= 15 is 0 Å². The zero-order valence-electron chi connectivity index (χ0n) is 10.4. The second-order valence-corrected chi connectivity index (χ2v) is 4.99. The highest BCUT2D eigenvalue weighted by molar-refractivity contribution is 5.94. The molecule has 3 N–H and O–H groups in total. The lowest BCUT2D eigenvalue weighted by atomic mass is 9.79. The average Bonchev–Trinajstić information content (AvgIpc) is 2.34. The van der Waals surface area contributed by atoms with Crippen LogP contribution < -0.4 is 0 Å². The number of rotatable bonds is 2. The van der Waals surface area contributed by atoms with E-state index in [0.29, 0.717) is 5.56 Å². The van der Waals surface area contributed by atoms with Crippen molar-refractivity contribution in [2.75, 3.05) is 0 Å². The predicted octanol–water partition coefficient (Wildman–Crippen LogP) is 3.15. The Balaban J connectivity index is 2.56. The molecule has 1 aromatic rings. The maximum absolute atomic E-state index is 11.3. The van der Waals surface area contributed by atoms with Gasteiger partial charge in [0.1, 0.15) is 5.56 Å². The molecule has 98 valence electrons. The molecule has 1 aromatic carbocycles. The summed E-state index contributed by atoms with van der Waals surface area (Å²) in [4.78, 5) is 11.3. The first-order valence-electron chi connectivity index (χ1n) is 6.31. The second-order valence-electron chi connectivity index (χ2n) is 4.99. The summed E-state index contributed by atoms with van der Waals surface area (Å²) in [6, 6.07) is 1.45. The molecule has 0 aliphatic heterocycles. The Morgan fingerprint density at radius 2 is 1.83 bits per heavy atom. The number of phenolic OH excluding ortho intramolecular Hbond substituents is 1. The van der Waals surface area contributed by atoms with Crippen LogP contribution in [0.2, 0.25) is 0 Å². The Morgan fingerprint density at radius 1 is 1.22 bits per heavy atom. The van der Waals surface area contributed by atoms with Crippen molar-refractivity contribution in [3.63, 3.8) is 0 Å². The van der Waals surface area contributed by atoms with Crippen LogP contribution in [-0.4, -0.2) is 21.3 Å². The Kier molecular flexibility index (Phi) is 3.45. The Bertz CT molecular complexity index is 473. The molecule has 0 amide bonds. The summed E-state index contributed by atoms with van der Waals surface area (Å²) in [5.74, 6) is -1.86. The number of carboxylic acids is 1. The van der Waals surface area contributed by atoms with E-state index in [1.54, 1.807) is 6.92 Å². The van der Waals surface area contributed by atoms with Gasteiger partial charge in [0.2, 0.25) is 0 Å². The van der Waals surface area contributed by atoms with Gasteiger partial charge >= 0.3 is 5.97 Å². The third-order valence-corrected chi connectivity index (χ3v) is 3.75. The number of carbonyl (C=O) groups is 1. The minimum Gasteiger partial charge on any atom is -0.504 e. The summed E-state index contributed by atoms with van der Waals surface area (Å²) in [6.07, 6.45) is 5.26. The molecule has 18 heavy (non-hydrogen) atoms. The monoisotopic (exact) mass is 250 g/mol. The Morgan fingerprint density at radius 3 is 2.39 bits per heavy atom. The van der Waals surface area contributed by atoms with Crippen LogP contribution >= 0.6 is 0 Å². The largest absolute Gasteiger partial charge is 0.504 e. The molecule has 1 aliphatic rings. The van der Waals surface area contributed by atoms with Gasteiger partial charge in [0, 0.05) is 0 Å². The van der Waals surface area contributed by atoms with E-state index in [-0.39, 0.29) is 17.2 Å². The number of hydrogen-bond acceptors (Lipinski definition) is 3. The van der Waals surface area contributed by atoms with E-state index in [4.69, 9.17) is 0 Å². The molecule has 4 nitrogen and oxygen atoms in total. The van der Waals surface area contributed by atoms with E-state index in [9.17, 15) is 20.1 Å². The third kappa shape index (κ3) is 2.15. The number of aromatic carboxylic acids is 1. The fourth-order valence-electron chi connectivity index (χ4n) is 2.94. The highest BCUT2D eigenvalue weighted by Crippen LogP contribution is 2.42. The van der Waals surface area contributed by atoms with Crippen LogP contribution in [0.25, 0.3) is 0 Å². The van der Waals surface area contributed by atoms with E-state index in [1.807, 2.05) is 0 Å². The van der Waals surface area contributed by atoms with E-state index in [2.05, 4.69) is 0 Å². The van der Waals surface area contributed by atoms with Crippen molar-refractivity contribution in [3.05, 3.63) is 22.8 Å². The predicted molar refractivity (Wildman–Crippen MR) is 67.3 cm³/mol. The lowest BCUT2D eigenvalue weighted by molar-refractivity contribution is 0.0690. The lowest BCUT2D eigenvalue weighted by Crippen LogP contribution is -2.12. The summed E-state index contributed by atoms with van der Waals surface area (Å²) in [5.41, 5.74) is 1.31. The Labute approximate surface area is 106 Å². The highest BCUT2D eigenvalue weighted by atomic mass is 16.4. The van der Waals surface area contributed by atoms with Crippen LogP contribution in [0.5, 0.6) is 11.5 Å². The van der Waals surface area contributed by atoms with E-state index in [0.717, 1.165) is 31.2 Å². The molecule has 1 saturated carbocycles. The molecule has 2 rings (SSSR count). The molecule has 0 saturated heterocycles. The number of phenols is 2. The SMILES string of the molecule is Cc1cc(O)c(O)c(C(=O)O)c1C1CCCCC1. The molecule has 0 aromatic heterocycles. The van der Waals surface area contributed by atoms with Crippen LogP contribution in [0.1, 0.15) is 59.5 Å². The topological polar surface area (TPSA) is 77.8 Å². The highest BCUT2D eigenvalue weighted by Gasteiger charge is 2.27. The van der Waals surface area contributed by atoms with Crippen LogP contribution in [0.4, 0.5) is 0 Å². The number of hydrogen-bond donors (Lipinski definition) is 3. The van der Waals surface area contributed by atoms with Gasteiger partial charge in [0.15, 0.2) is 11.5 Å². The molecule has 0 spiro atoms. The van der Waals surface area contributed by atoms with Crippen molar-refractivity contribution in [2.24, 2.45) is 0 Å². The molecule has 0 radical (unpaired) electrons. The average molecular weight is 250 g/mol. The number of benzene rings is 1. The second kappa shape index (κ2) is 4.88. The van der Waals surface area contributed by atoms with Gasteiger partial charge in [0.05, 0.1) is 0 Å². The van der Waals surface area contributed by atoms with E-state index < -0.39 is 11.7 Å². The molecule has 1 aliphatic carbocycles. The first kappa shape index (κ1) is 12.7. The van der Waals surface area contributed by atoms with Gasteiger partial charge in [-0.15, -0.1) is 0 Å². The summed E-state index contributed by atoms with van der Waals surface area (Å²) in [7, 11) is 0. The fourth-order valence-corrected chi connectivity index (χ4v) is 2.94. The number of aryl methyl sites for hydroxylation is 1. The van der Waals surface area contributed by atoms with Gasteiger partial charge in [0.25, 0.3) is 0 Å². The molecule has 1 fully saturated rings. The maximum Gasteiger partial charge on any atom is 0.339 e. The molecule has 0 atom stereocenters. The first-order valence-corrected chi connectivity index (χ1v) is 6.31. The smallest absolute Gasteiger partial charge is 0.339 e. The van der Waals surface area contributed by atoms with Crippen molar-refractivity contribution < 1.29 is 20.1 Å².